The fourth-order valence-electron chi connectivity index (χ4n) is 3.79. The largest absolute Gasteiger partial charge is 0.508 e. The Kier molecular flexibility index (Phi) is 6.36. The summed E-state index contributed by atoms with van der Waals surface area (Å²) in [4.78, 5) is 13.4. The van der Waals surface area contributed by atoms with Crippen LogP contribution in [0, 0.1) is 0 Å². The predicted octanol–water partition coefficient (Wildman–Crippen LogP) is -0.530. The molecule has 0 amide bonds. The molecule has 13 heteroatoms. The van der Waals surface area contributed by atoms with E-state index >= 15 is 0 Å². The van der Waals surface area contributed by atoms with E-state index in [1.807, 2.05) is 0 Å². The maximum Gasteiger partial charge on any atom is 0.239 e. The Balaban J connectivity index is 1.93. The van der Waals surface area contributed by atoms with E-state index in [4.69, 9.17) is 18.6 Å². The highest BCUT2D eigenvalue weighted by atomic mass is 16.7. The van der Waals surface area contributed by atoms with Crippen molar-refractivity contribution in [3.05, 3.63) is 34.5 Å². The third-order valence-electron chi connectivity index (χ3n) is 5.52. The van der Waals surface area contributed by atoms with E-state index < -0.39 is 82.6 Å². The third-order valence-corrected chi connectivity index (χ3v) is 5.52. The number of aliphatic hydroxyl groups is 4. The molecular weight excluding hydrogens is 472 g/mol. The molecule has 4 rings (SSSR count). The summed E-state index contributed by atoms with van der Waals surface area (Å²) in [5.41, 5.74) is -1.42. The molecule has 0 aliphatic carbocycles. The van der Waals surface area contributed by atoms with Crippen LogP contribution in [0.1, 0.15) is 0 Å². The topological polar surface area (TPSA) is 220 Å². The average Bonchev–Trinajstić information content (AvgIpc) is 2.80. The first-order valence-electron chi connectivity index (χ1n) is 10.2. The summed E-state index contributed by atoms with van der Waals surface area (Å²) in [7, 11) is 1.20. The minimum Gasteiger partial charge on any atom is -0.508 e. The molecule has 1 aliphatic heterocycles. The highest BCUT2D eigenvalue weighted by Gasteiger charge is 2.45. The van der Waals surface area contributed by atoms with E-state index in [2.05, 4.69) is 0 Å². The lowest BCUT2D eigenvalue weighted by Crippen LogP contribution is -2.60. The Morgan fingerprint density at radius 3 is 2.14 bits per heavy atom. The van der Waals surface area contributed by atoms with E-state index in [0.717, 1.165) is 24.3 Å². The molecule has 1 fully saturated rings. The number of hydrogen-bond donors (Lipinski definition) is 8. The fourth-order valence-corrected chi connectivity index (χ4v) is 3.79. The fraction of sp³-hybridized carbons (Fsp3) is 0.318. The highest BCUT2D eigenvalue weighted by Crippen LogP contribution is 2.43. The summed E-state index contributed by atoms with van der Waals surface area (Å²) in [5.74, 6) is -3.58. The van der Waals surface area contributed by atoms with Gasteiger partial charge >= 0.3 is 0 Å². The Hall–Kier alpha value is -3.75. The second-order valence-corrected chi connectivity index (χ2v) is 7.79. The number of fused-ring (bicyclic) bond motifs is 1. The predicted molar refractivity (Wildman–Crippen MR) is 116 cm³/mol. The van der Waals surface area contributed by atoms with Crippen LogP contribution in [0.5, 0.6) is 34.5 Å². The zero-order chi connectivity index (χ0) is 25.6. The van der Waals surface area contributed by atoms with Gasteiger partial charge in [-0.05, 0) is 12.1 Å². The molecule has 35 heavy (non-hydrogen) atoms. The van der Waals surface area contributed by atoms with Gasteiger partial charge in [-0.1, -0.05) is 0 Å². The van der Waals surface area contributed by atoms with E-state index in [9.17, 15) is 45.6 Å². The lowest BCUT2D eigenvalue weighted by molar-refractivity contribution is -0.277. The number of phenols is 4. The summed E-state index contributed by atoms with van der Waals surface area (Å²) in [6.07, 6.45) is -8.55. The number of phenolic OH excluding ortho intramolecular Hbond substituents is 4. The normalized spacial score (nSPS) is 24.4. The highest BCUT2D eigenvalue weighted by molar-refractivity contribution is 5.88. The summed E-state index contributed by atoms with van der Waals surface area (Å²) < 4.78 is 21.4. The maximum atomic E-state index is 13.4. The van der Waals surface area contributed by atoms with Crippen LogP contribution in [0.2, 0.25) is 0 Å². The molecule has 0 bridgehead atoms. The summed E-state index contributed by atoms with van der Waals surface area (Å²) in [5, 5.41) is 79.8. The molecule has 0 radical (unpaired) electrons. The van der Waals surface area contributed by atoms with Crippen LogP contribution in [-0.4, -0.2) is 85.3 Å². The standard InChI is InChI=1S/C22H22O13/c1-32-20-10(26)2-7(3-11(20)27)19-21(16(29)14-9(25)4-8(24)5-12(14)33-19)35-22-18(31)17(30)15(28)13(6-23)34-22/h2-5,13,15,17-18,22-28,30-31H,6H2,1H3/t13-,15+,17+,18-,22+/m1/s1. The molecule has 13 nitrogen and oxygen atoms in total. The van der Waals surface area contributed by atoms with Crippen LogP contribution < -0.4 is 14.9 Å². The Morgan fingerprint density at radius 2 is 1.54 bits per heavy atom. The SMILES string of the molecule is COc1c(O)cc(-c2oc3cc(O)cc(O)c3c(=O)c2O[C@@H]2O[C@H](CO)[C@H](O)[C@H](O)[C@H]2O)cc1O. The van der Waals surface area contributed by atoms with Gasteiger partial charge in [0.25, 0.3) is 0 Å². The van der Waals surface area contributed by atoms with Crippen LogP contribution in [-0.2, 0) is 4.74 Å². The molecule has 1 saturated heterocycles. The molecule has 1 aromatic heterocycles. The van der Waals surface area contributed by atoms with Gasteiger partial charge in [-0.3, -0.25) is 4.79 Å². The van der Waals surface area contributed by atoms with Gasteiger partial charge in [0.15, 0.2) is 17.3 Å². The molecule has 2 heterocycles. The molecule has 8 N–H and O–H groups in total. The summed E-state index contributed by atoms with van der Waals surface area (Å²) >= 11 is 0. The van der Waals surface area contributed by atoms with Crippen molar-refractivity contribution in [1.82, 2.24) is 0 Å². The first-order chi connectivity index (χ1) is 16.6. The van der Waals surface area contributed by atoms with Gasteiger partial charge in [0.1, 0.15) is 46.9 Å². The Morgan fingerprint density at radius 1 is 0.886 bits per heavy atom. The first kappa shape index (κ1) is 24.4. The molecule has 0 spiro atoms. The van der Waals surface area contributed by atoms with Crippen molar-refractivity contribution in [2.45, 2.75) is 30.7 Å². The van der Waals surface area contributed by atoms with Crippen LogP contribution in [0.4, 0.5) is 0 Å². The molecule has 1 aliphatic rings. The lowest BCUT2D eigenvalue weighted by Gasteiger charge is -2.39. The van der Waals surface area contributed by atoms with Gasteiger partial charge in [-0.2, -0.15) is 0 Å². The lowest BCUT2D eigenvalue weighted by atomic mass is 9.99. The molecule has 2 aromatic carbocycles. The van der Waals surface area contributed by atoms with Crippen LogP contribution in [0.25, 0.3) is 22.3 Å². The summed E-state index contributed by atoms with van der Waals surface area (Å²) in [6, 6.07) is 4.03. The summed E-state index contributed by atoms with van der Waals surface area (Å²) in [6.45, 7) is -0.760. The molecule has 0 saturated carbocycles. The van der Waals surface area contributed by atoms with Crippen molar-refractivity contribution in [2.75, 3.05) is 13.7 Å². The number of ether oxygens (including phenoxy) is 3. The third kappa shape index (κ3) is 4.15. The molecule has 0 unspecified atom stereocenters. The number of hydrogen-bond acceptors (Lipinski definition) is 13. The van der Waals surface area contributed by atoms with Crippen molar-refractivity contribution in [2.24, 2.45) is 0 Å². The minimum atomic E-state index is -1.89. The first-order valence-corrected chi connectivity index (χ1v) is 10.2. The van der Waals surface area contributed by atoms with Crippen LogP contribution in [0.15, 0.2) is 33.5 Å². The zero-order valence-corrected chi connectivity index (χ0v) is 18.0. The molecule has 5 atom stereocenters. The number of methoxy groups -OCH3 is 1. The van der Waals surface area contributed by atoms with E-state index in [1.165, 1.54) is 7.11 Å². The number of rotatable bonds is 5. The van der Waals surface area contributed by atoms with E-state index in [-0.39, 0.29) is 16.9 Å². The zero-order valence-electron chi connectivity index (χ0n) is 18.0. The maximum absolute atomic E-state index is 13.4. The Labute approximate surface area is 195 Å². The molecule has 188 valence electrons. The van der Waals surface area contributed by atoms with Gasteiger partial charge in [-0.25, -0.2) is 0 Å². The second kappa shape index (κ2) is 9.13. The van der Waals surface area contributed by atoms with E-state index in [1.54, 1.807) is 0 Å². The van der Waals surface area contributed by atoms with Crippen molar-refractivity contribution in [3.63, 3.8) is 0 Å². The van der Waals surface area contributed by atoms with Crippen molar-refractivity contribution < 1.29 is 59.5 Å². The van der Waals surface area contributed by atoms with Gasteiger partial charge in [0, 0.05) is 17.7 Å². The van der Waals surface area contributed by atoms with Crippen LogP contribution in [0.3, 0.4) is 0 Å². The van der Waals surface area contributed by atoms with Crippen molar-refractivity contribution >= 4 is 11.0 Å². The quantitative estimate of drug-likeness (QED) is 0.224. The monoisotopic (exact) mass is 494 g/mol. The number of benzene rings is 2. The van der Waals surface area contributed by atoms with E-state index in [0.29, 0.717) is 0 Å². The molecule has 3 aromatic rings. The second-order valence-electron chi connectivity index (χ2n) is 7.79. The van der Waals surface area contributed by atoms with Gasteiger partial charge in [0.2, 0.25) is 23.2 Å². The van der Waals surface area contributed by atoms with Crippen molar-refractivity contribution in [3.8, 4) is 45.8 Å². The van der Waals surface area contributed by atoms with Crippen molar-refractivity contribution in [1.29, 1.82) is 0 Å². The number of aromatic hydroxyl groups is 4. The average molecular weight is 494 g/mol. The number of aliphatic hydroxyl groups excluding tert-OH is 4. The van der Waals surface area contributed by atoms with Gasteiger partial charge in [-0.15, -0.1) is 0 Å². The van der Waals surface area contributed by atoms with Crippen LogP contribution >= 0.6 is 0 Å². The smallest absolute Gasteiger partial charge is 0.239 e. The van der Waals surface area contributed by atoms with Gasteiger partial charge < -0.3 is 59.5 Å². The van der Waals surface area contributed by atoms with Gasteiger partial charge in [0.05, 0.1) is 13.7 Å². The Bertz CT molecular complexity index is 1290. The minimum absolute atomic E-state index is 0.123. The molecular formula is C22H22O13.